The van der Waals surface area contributed by atoms with Crippen molar-refractivity contribution in [1.82, 2.24) is 15.6 Å². The van der Waals surface area contributed by atoms with E-state index >= 15 is 0 Å². The summed E-state index contributed by atoms with van der Waals surface area (Å²) in [6.07, 6.45) is 2.95. The third-order valence-corrected chi connectivity index (χ3v) is 7.66. The van der Waals surface area contributed by atoms with Crippen LogP contribution in [0.3, 0.4) is 0 Å². The molecule has 2 unspecified atom stereocenters. The van der Waals surface area contributed by atoms with Crippen molar-refractivity contribution < 1.29 is 24.2 Å². The lowest BCUT2D eigenvalue weighted by atomic mass is 9.98. The molecule has 1 heterocycles. The lowest BCUT2D eigenvalue weighted by Gasteiger charge is -2.21. The smallest absolute Gasteiger partial charge is 0.407 e. The largest absolute Gasteiger partial charge is 0.477 e. The number of carboxylic acids is 1. The number of aromatic carboxylic acids is 1. The Hall–Kier alpha value is -3.72. The number of benzene rings is 2. The quantitative estimate of drug-likeness (QED) is 0.457. The maximum absolute atomic E-state index is 12.8. The molecule has 2 aliphatic rings. The maximum atomic E-state index is 12.8. The first-order valence-electron chi connectivity index (χ1n) is 11.6. The third kappa shape index (κ3) is 4.77. The fourth-order valence-electron chi connectivity index (χ4n) is 5.02. The summed E-state index contributed by atoms with van der Waals surface area (Å²) in [4.78, 5) is 40.6. The van der Waals surface area contributed by atoms with Crippen molar-refractivity contribution >= 4 is 29.3 Å². The number of hydrogen-bond acceptors (Lipinski definition) is 6. The van der Waals surface area contributed by atoms with Gasteiger partial charge in [-0.05, 0) is 35.1 Å². The topological polar surface area (TPSA) is 118 Å². The molecule has 3 aromatic rings. The number of thiazole rings is 1. The number of aromatic nitrogens is 1. The highest BCUT2D eigenvalue weighted by atomic mass is 32.1. The van der Waals surface area contributed by atoms with Crippen LogP contribution in [0.4, 0.5) is 4.79 Å². The molecular weight excluding hydrogens is 466 g/mol. The molecule has 1 aromatic heterocycles. The summed E-state index contributed by atoms with van der Waals surface area (Å²) in [6, 6.07) is 16.0. The van der Waals surface area contributed by atoms with Crippen LogP contribution in [-0.2, 0) is 16.1 Å². The van der Waals surface area contributed by atoms with Crippen LogP contribution in [0.2, 0.25) is 0 Å². The average molecular weight is 492 g/mol. The highest BCUT2D eigenvalue weighted by molar-refractivity contribution is 7.13. The van der Waals surface area contributed by atoms with E-state index < -0.39 is 12.1 Å². The van der Waals surface area contributed by atoms with Gasteiger partial charge in [0.25, 0.3) is 0 Å². The lowest BCUT2D eigenvalue weighted by Crippen LogP contribution is -2.44. The number of carboxylic acid groups (broad SMARTS) is 1. The van der Waals surface area contributed by atoms with Crippen LogP contribution in [-0.4, -0.2) is 40.7 Å². The van der Waals surface area contributed by atoms with Crippen molar-refractivity contribution in [3.63, 3.8) is 0 Å². The van der Waals surface area contributed by atoms with Gasteiger partial charge in [-0.2, -0.15) is 0 Å². The van der Waals surface area contributed by atoms with E-state index in [-0.39, 0.29) is 41.8 Å². The Morgan fingerprint density at radius 2 is 1.71 bits per heavy atom. The number of rotatable bonds is 7. The van der Waals surface area contributed by atoms with Crippen LogP contribution in [0.15, 0.2) is 54.7 Å². The number of ether oxygens (including phenoxy) is 1. The molecule has 35 heavy (non-hydrogen) atoms. The maximum Gasteiger partial charge on any atom is 0.407 e. The van der Waals surface area contributed by atoms with Crippen molar-refractivity contribution in [2.45, 2.75) is 37.8 Å². The molecule has 0 radical (unpaired) electrons. The first kappa shape index (κ1) is 23.0. The van der Waals surface area contributed by atoms with Crippen LogP contribution >= 0.6 is 11.3 Å². The molecule has 0 saturated heterocycles. The van der Waals surface area contributed by atoms with E-state index in [2.05, 4.69) is 39.9 Å². The number of carbonyl (C=O) groups excluding carboxylic acids is 2. The molecule has 180 valence electrons. The number of nitrogens with one attached hydrogen (secondary N) is 2. The normalized spacial score (nSPS) is 18.5. The molecule has 1 saturated carbocycles. The summed E-state index contributed by atoms with van der Waals surface area (Å²) in [6.45, 7) is 0.379. The predicted molar refractivity (Wildman–Crippen MR) is 130 cm³/mol. The number of fused-ring (bicyclic) bond motifs is 3. The summed E-state index contributed by atoms with van der Waals surface area (Å²) in [5.41, 5.74) is 4.63. The van der Waals surface area contributed by atoms with Gasteiger partial charge in [-0.3, -0.25) is 4.79 Å². The van der Waals surface area contributed by atoms with E-state index in [0.29, 0.717) is 17.8 Å². The second kappa shape index (κ2) is 9.87. The Labute approximate surface area is 206 Å². The third-order valence-electron chi connectivity index (χ3n) is 6.68. The van der Waals surface area contributed by atoms with Crippen molar-refractivity contribution in [2.75, 3.05) is 6.61 Å². The van der Waals surface area contributed by atoms with E-state index in [1.807, 2.05) is 24.3 Å². The zero-order chi connectivity index (χ0) is 24.4. The van der Waals surface area contributed by atoms with Crippen molar-refractivity contribution in [1.29, 1.82) is 0 Å². The highest BCUT2D eigenvalue weighted by Crippen LogP contribution is 2.44. The summed E-state index contributed by atoms with van der Waals surface area (Å²) >= 11 is 1.03. The van der Waals surface area contributed by atoms with Crippen LogP contribution in [0.1, 0.15) is 51.0 Å². The molecule has 2 aliphatic carbocycles. The Morgan fingerprint density at radius 3 is 2.37 bits per heavy atom. The predicted octanol–water partition coefficient (Wildman–Crippen LogP) is 4.16. The van der Waals surface area contributed by atoms with Gasteiger partial charge in [0.1, 0.15) is 16.5 Å². The highest BCUT2D eigenvalue weighted by Gasteiger charge is 2.35. The molecule has 3 N–H and O–H groups in total. The van der Waals surface area contributed by atoms with E-state index in [1.165, 1.54) is 17.3 Å². The minimum absolute atomic E-state index is 0.0233. The second-order valence-corrected chi connectivity index (χ2v) is 9.87. The van der Waals surface area contributed by atoms with Gasteiger partial charge in [0.2, 0.25) is 5.91 Å². The van der Waals surface area contributed by atoms with Gasteiger partial charge in [0.05, 0.1) is 18.7 Å². The number of hydrogen-bond donors (Lipinski definition) is 3. The van der Waals surface area contributed by atoms with E-state index in [9.17, 15) is 14.4 Å². The van der Waals surface area contributed by atoms with Gasteiger partial charge >= 0.3 is 12.1 Å². The molecule has 0 aliphatic heterocycles. The monoisotopic (exact) mass is 491 g/mol. The molecule has 2 amide bonds. The number of nitrogens with zero attached hydrogens (tertiary/aromatic N) is 1. The van der Waals surface area contributed by atoms with Crippen molar-refractivity contribution in [2.24, 2.45) is 5.92 Å². The van der Waals surface area contributed by atoms with E-state index in [4.69, 9.17) is 9.84 Å². The van der Waals surface area contributed by atoms with Gasteiger partial charge in [0.15, 0.2) is 0 Å². The minimum Gasteiger partial charge on any atom is -0.477 e. The van der Waals surface area contributed by atoms with Crippen LogP contribution in [0.25, 0.3) is 11.1 Å². The summed E-state index contributed by atoms with van der Waals surface area (Å²) in [5, 5.41) is 15.2. The molecule has 9 heteroatoms. The van der Waals surface area contributed by atoms with Crippen LogP contribution in [0.5, 0.6) is 0 Å². The number of carbonyl (C=O) groups is 3. The Kier molecular flexibility index (Phi) is 6.50. The molecule has 2 aromatic carbocycles. The zero-order valence-electron chi connectivity index (χ0n) is 18.9. The molecule has 0 bridgehead atoms. The van der Waals surface area contributed by atoms with Gasteiger partial charge in [-0.1, -0.05) is 55.0 Å². The first-order valence-corrected chi connectivity index (χ1v) is 12.4. The van der Waals surface area contributed by atoms with E-state index in [1.54, 1.807) is 0 Å². The summed E-state index contributed by atoms with van der Waals surface area (Å²) in [5.74, 6) is -1.61. The molecule has 0 spiro atoms. The SMILES string of the molecule is O=C(NC1CCCC1C(=O)NCc1ncc(C(=O)O)s1)OCC1c2ccccc2-c2ccccc21. The molecule has 8 nitrogen and oxygen atoms in total. The van der Waals surface area contributed by atoms with Gasteiger partial charge in [-0.15, -0.1) is 11.3 Å². The fourth-order valence-corrected chi connectivity index (χ4v) is 5.72. The molecular formula is C26H25N3O5S. The Morgan fingerprint density at radius 1 is 1.03 bits per heavy atom. The van der Waals surface area contributed by atoms with E-state index in [0.717, 1.165) is 28.9 Å². The fraction of sp³-hybridized carbons (Fsp3) is 0.308. The van der Waals surface area contributed by atoms with Gasteiger partial charge in [-0.25, -0.2) is 14.6 Å². The number of alkyl carbamates (subject to hydrolysis) is 1. The summed E-state index contributed by atoms with van der Waals surface area (Å²) in [7, 11) is 0. The molecule has 1 fully saturated rings. The zero-order valence-corrected chi connectivity index (χ0v) is 19.7. The Balaban J connectivity index is 1.16. The van der Waals surface area contributed by atoms with Crippen molar-refractivity contribution in [3.05, 3.63) is 75.7 Å². The second-order valence-electron chi connectivity index (χ2n) is 8.75. The van der Waals surface area contributed by atoms with Gasteiger partial charge in [0, 0.05) is 12.0 Å². The van der Waals surface area contributed by atoms with Crippen molar-refractivity contribution in [3.8, 4) is 11.1 Å². The van der Waals surface area contributed by atoms with Gasteiger partial charge < -0.3 is 20.5 Å². The van der Waals surface area contributed by atoms with Crippen LogP contribution < -0.4 is 10.6 Å². The minimum atomic E-state index is -1.04. The first-order chi connectivity index (χ1) is 17.0. The van der Waals surface area contributed by atoms with Crippen LogP contribution in [0, 0.1) is 5.92 Å². The molecule has 5 rings (SSSR count). The lowest BCUT2D eigenvalue weighted by molar-refractivity contribution is -0.125. The standard InChI is InChI=1S/C26H25N3O5S/c30-24(28-13-23-27-12-22(35-23)25(31)32)19-10-5-11-21(19)29-26(33)34-14-20-17-8-3-1-6-15(17)16-7-2-4-9-18(16)20/h1-4,6-9,12,19-21H,5,10-11,13-14H2,(H,28,30)(H,29,33)(H,31,32). The summed E-state index contributed by atoms with van der Waals surface area (Å²) < 4.78 is 5.64. The Bertz CT molecular complexity index is 1230. The number of amides is 2. The molecule has 2 atom stereocenters. The average Bonchev–Trinajstić information content (AvgIpc) is 3.59.